The SMILES string of the molecule is COC(=O)CN1C(=O)S/C(=C\c2cc(Cl)c(OCc3ccc(F)cc3)c(OC)c2)C1=O. The lowest BCUT2D eigenvalue weighted by molar-refractivity contribution is -0.143. The number of carbonyl (C=O) groups excluding carboxylic acids is 3. The molecule has 3 rings (SSSR count). The second-order valence-electron chi connectivity index (χ2n) is 6.29. The van der Waals surface area contributed by atoms with Crippen LogP contribution in [0.3, 0.4) is 0 Å². The Kier molecular flexibility index (Phi) is 7.19. The average Bonchev–Trinajstić information content (AvgIpc) is 3.01. The van der Waals surface area contributed by atoms with E-state index in [0.29, 0.717) is 23.1 Å². The minimum atomic E-state index is -0.698. The molecule has 1 aliphatic rings. The number of methoxy groups -OCH3 is 2. The van der Waals surface area contributed by atoms with Crippen LogP contribution in [0.15, 0.2) is 41.3 Å². The lowest BCUT2D eigenvalue weighted by atomic mass is 10.1. The van der Waals surface area contributed by atoms with Crippen LogP contribution in [0.1, 0.15) is 11.1 Å². The van der Waals surface area contributed by atoms with Gasteiger partial charge in [0.05, 0.1) is 24.1 Å². The maximum atomic E-state index is 13.0. The fourth-order valence-corrected chi connectivity index (χ4v) is 3.79. The average molecular weight is 466 g/mol. The van der Waals surface area contributed by atoms with Gasteiger partial charge in [-0.2, -0.15) is 0 Å². The van der Waals surface area contributed by atoms with Gasteiger partial charge in [-0.1, -0.05) is 23.7 Å². The number of ether oxygens (including phenoxy) is 3. The van der Waals surface area contributed by atoms with Crippen molar-refractivity contribution >= 4 is 46.6 Å². The molecular formula is C21H17ClFNO6S. The smallest absolute Gasteiger partial charge is 0.325 e. The molecule has 0 saturated carbocycles. The van der Waals surface area contributed by atoms with E-state index in [1.54, 1.807) is 24.3 Å². The molecule has 1 heterocycles. The van der Waals surface area contributed by atoms with Crippen LogP contribution in [0, 0.1) is 5.82 Å². The van der Waals surface area contributed by atoms with E-state index in [-0.39, 0.29) is 28.1 Å². The summed E-state index contributed by atoms with van der Waals surface area (Å²) < 4.78 is 28.6. The van der Waals surface area contributed by atoms with Crippen LogP contribution in [-0.2, 0) is 20.9 Å². The van der Waals surface area contributed by atoms with Crippen LogP contribution in [0.5, 0.6) is 11.5 Å². The van der Waals surface area contributed by atoms with Gasteiger partial charge in [0, 0.05) is 0 Å². The second kappa shape index (κ2) is 9.84. The lowest BCUT2D eigenvalue weighted by Crippen LogP contribution is -2.34. The standard InChI is InChI=1S/C21H17ClFNO6S/c1-28-16-8-13(9-17-20(26)24(21(27)31-17)10-18(25)29-2)7-15(22)19(16)30-11-12-3-5-14(23)6-4-12/h3-9H,10-11H2,1-2H3/b17-9-. The van der Waals surface area contributed by atoms with Gasteiger partial charge in [0.1, 0.15) is 19.0 Å². The van der Waals surface area contributed by atoms with Crippen molar-refractivity contribution in [3.63, 3.8) is 0 Å². The Balaban J connectivity index is 1.80. The number of imide groups is 1. The zero-order valence-corrected chi connectivity index (χ0v) is 18.1. The first-order valence-corrected chi connectivity index (χ1v) is 10.1. The summed E-state index contributed by atoms with van der Waals surface area (Å²) in [5.41, 5.74) is 1.24. The predicted octanol–water partition coefficient (Wildman–Crippen LogP) is 4.28. The monoisotopic (exact) mass is 465 g/mol. The third-order valence-electron chi connectivity index (χ3n) is 4.23. The zero-order valence-electron chi connectivity index (χ0n) is 16.5. The predicted molar refractivity (Wildman–Crippen MR) is 113 cm³/mol. The molecule has 1 saturated heterocycles. The van der Waals surface area contributed by atoms with Crippen molar-refractivity contribution in [2.45, 2.75) is 6.61 Å². The number of rotatable bonds is 7. The van der Waals surface area contributed by atoms with Crippen molar-refractivity contribution in [3.8, 4) is 11.5 Å². The first-order chi connectivity index (χ1) is 14.8. The third-order valence-corrected chi connectivity index (χ3v) is 5.42. The van der Waals surface area contributed by atoms with Crippen molar-refractivity contribution in [1.82, 2.24) is 4.90 Å². The molecule has 0 unspecified atom stereocenters. The fraction of sp³-hybridized carbons (Fsp3) is 0.190. The van der Waals surface area contributed by atoms with E-state index in [9.17, 15) is 18.8 Å². The first kappa shape index (κ1) is 22.6. The van der Waals surface area contributed by atoms with E-state index in [1.165, 1.54) is 32.4 Å². The normalized spacial score (nSPS) is 14.8. The maximum Gasteiger partial charge on any atom is 0.325 e. The van der Waals surface area contributed by atoms with Gasteiger partial charge in [-0.05, 0) is 53.2 Å². The van der Waals surface area contributed by atoms with Gasteiger partial charge in [-0.15, -0.1) is 0 Å². The van der Waals surface area contributed by atoms with Gasteiger partial charge in [-0.25, -0.2) is 4.39 Å². The number of benzene rings is 2. The Morgan fingerprint density at radius 2 is 1.90 bits per heavy atom. The molecule has 0 aromatic heterocycles. The molecule has 7 nitrogen and oxygen atoms in total. The van der Waals surface area contributed by atoms with E-state index in [4.69, 9.17) is 21.1 Å². The van der Waals surface area contributed by atoms with Crippen molar-refractivity contribution < 1.29 is 33.0 Å². The Morgan fingerprint density at radius 1 is 1.19 bits per heavy atom. The highest BCUT2D eigenvalue weighted by atomic mass is 35.5. The molecule has 2 aromatic carbocycles. The highest BCUT2D eigenvalue weighted by Gasteiger charge is 2.36. The minimum absolute atomic E-state index is 0.131. The van der Waals surface area contributed by atoms with E-state index < -0.39 is 23.7 Å². The molecule has 0 bridgehead atoms. The second-order valence-corrected chi connectivity index (χ2v) is 7.69. The number of amides is 2. The summed E-state index contributed by atoms with van der Waals surface area (Å²) in [7, 11) is 2.61. The van der Waals surface area contributed by atoms with E-state index >= 15 is 0 Å². The molecule has 0 atom stereocenters. The van der Waals surface area contributed by atoms with Crippen LogP contribution < -0.4 is 9.47 Å². The van der Waals surface area contributed by atoms with Gasteiger partial charge < -0.3 is 14.2 Å². The van der Waals surface area contributed by atoms with Crippen LogP contribution in [0.2, 0.25) is 5.02 Å². The molecule has 162 valence electrons. The number of halogens is 2. The highest BCUT2D eigenvalue weighted by Crippen LogP contribution is 2.39. The molecule has 0 spiro atoms. The molecule has 0 aliphatic carbocycles. The van der Waals surface area contributed by atoms with Crippen LogP contribution in [0.4, 0.5) is 9.18 Å². The number of thioether (sulfide) groups is 1. The Labute approximate surface area is 186 Å². The molecule has 10 heteroatoms. The topological polar surface area (TPSA) is 82.1 Å². The van der Waals surface area contributed by atoms with Crippen molar-refractivity contribution in [3.05, 3.63) is 63.3 Å². The van der Waals surface area contributed by atoms with E-state index in [2.05, 4.69) is 4.74 Å². The Bertz CT molecular complexity index is 1060. The van der Waals surface area contributed by atoms with Gasteiger partial charge in [0.25, 0.3) is 11.1 Å². The largest absolute Gasteiger partial charge is 0.493 e. The lowest BCUT2D eigenvalue weighted by Gasteiger charge is -2.13. The quantitative estimate of drug-likeness (QED) is 0.446. The van der Waals surface area contributed by atoms with Gasteiger partial charge in [0.15, 0.2) is 11.5 Å². The molecule has 2 amide bonds. The summed E-state index contributed by atoms with van der Waals surface area (Å²) in [4.78, 5) is 36.8. The number of hydrogen-bond donors (Lipinski definition) is 0. The number of hydrogen-bond acceptors (Lipinski definition) is 7. The molecular weight excluding hydrogens is 449 g/mol. The van der Waals surface area contributed by atoms with Gasteiger partial charge >= 0.3 is 5.97 Å². The molecule has 0 radical (unpaired) electrons. The van der Waals surface area contributed by atoms with Crippen LogP contribution in [0.25, 0.3) is 6.08 Å². The highest BCUT2D eigenvalue weighted by molar-refractivity contribution is 8.18. The number of esters is 1. The van der Waals surface area contributed by atoms with Crippen molar-refractivity contribution in [2.24, 2.45) is 0 Å². The maximum absolute atomic E-state index is 13.0. The molecule has 0 N–H and O–H groups in total. The Morgan fingerprint density at radius 3 is 2.55 bits per heavy atom. The summed E-state index contributed by atoms with van der Waals surface area (Å²) in [6, 6.07) is 8.99. The third kappa shape index (κ3) is 5.36. The minimum Gasteiger partial charge on any atom is -0.493 e. The fourth-order valence-electron chi connectivity index (χ4n) is 2.68. The van der Waals surface area contributed by atoms with Crippen molar-refractivity contribution in [2.75, 3.05) is 20.8 Å². The number of nitrogens with zero attached hydrogens (tertiary/aromatic N) is 1. The first-order valence-electron chi connectivity index (χ1n) is 8.89. The molecule has 2 aromatic rings. The van der Waals surface area contributed by atoms with E-state index in [1.807, 2.05) is 0 Å². The van der Waals surface area contributed by atoms with E-state index in [0.717, 1.165) is 10.5 Å². The zero-order chi connectivity index (χ0) is 22.5. The summed E-state index contributed by atoms with van der Waals surface area (Å²) >= 11 is 7.05. The van der Waals surface area contributed by atoms with Crippen LogP contribution in [-0.4, -0.2) is 42.8 Å². The summed E-state index contributed by atoms with van der Waals surface area (Å²) in [6.07, 6.45) is 1.47. The summed E-state index contributed by atoms with van der Waals surface area (Å²) in [6.45, 7) is -0.319. The van der Waals surface area contributed by atoms with Crippen molar-refractivity contribution in [1.29, 1.82) is 0 Å². The molecule has 1 fully saturated rings. The summed E-state index contributed by atoms with van der Waals surface area (Å²) in [5, 5.41) is -0.347. The van der Waals surface area contributed by atoms with Crippen LogP contribution >= 0.6 is 23.4 Å². The molecule has 31 heavy (non-hydrogen) atoms. The van der Waals surface area contributed by atoms with Gasteiger partial charge in [0.2, 0.25) is 0 Å². The van der Waals surface area contributed by atoms with Gasteiger partial charge in [-0.3, -0.25) is 19.3 Å². The summed E-state index contributed by atoms with van der Waals surface area (Å²) in [5.74, 6) is -1.05. The number of carbonyl (C=O) groups is 3. The molecule has 1 aliphatic heterocycles. The Hall–Kier alpha value is -3.04.